The highest BCUT2D eigenvalue weighted by atomic mass is 35.5. The van der Waals surface area contributed by atoms with Crippen LogP contribution in [0.25, 0.3) is 0 Å². The van der Waals surface area contributed by atoms with Gasteiger partial charge in [0.2, 0.25) is 5.91 Å². The number of carbonyl (C=O) groups excluding carboxylic acids is 2. The molecule has 2 aromatic rings. The Hall–Kier alpha value is -2.44. The normalized spacial score (nSPS) is 13.8. The zero-order valence-electron chi connectivity index (χ0n) is 14.7. The van der Waals surface area contributed by atoms with E-state index in [4.69, 9.17) is 27.9 Å². The molecule has 1 N–H and O–H groups in total. The fourth-order valence-electron chi connectivity index (χ4n) is 2.81. The van der Waals surface area contributed by atoms with Crippen molar-refractivity contribution in [1.82, 2.24) is 4.90 Å². The molecule has 0 unspecified atom stereocenters. The third-order valence-electron chi connectivity index (χ3n) is 4.09. The van der Waals surface area contributed by atoms with E-state index in [0.29, 0.717) is 35.4 Å². The molecule has 8 heteroatoms. The Balaban J connectivity index is 1.61. The number of amides is 3. The number of benzene rings is 2. The van der Waals surface area contributed by atoms with Gasteiger partial charge in [-0.25, -0.2) is 4.79 Å². The summed E-state index contributed by atoms with van der Waals surface area (Å²) in [7, 11) is 0. The number of rotatable bonds is 6. The van der Waals surface area contributed by atoms with Gasteiger partial charge in [-0.1, -0.05) is 23.2 Å². The van der Waals surface area contributed by atoms with E-state index in [9.17, 15) is 9.59 Å². The zero-order valence-corrected chi connectivity index (χ0v) is 16.3. The number of carbonyl (C=O) groups is 2. The highest BCUT2D eigenvalue weighted by molar-refractivity contribution is 6.35. The molecule has 2 aromatic carbocycles. The molecule has 0 spiro atoms. The van der Waals surface area contributed by atoms with Crippen LogP contribution >= 0.6 is 23.2 Å². The van der Waals surface area contributed by atoms with E-state index in [1.165, 1.54) is 4.90 Å². The van der Waals surface area contributed by atoms with Crippen molar-refractivity contribution in [2.45, 2.75) is 6.92 Å². The minimum atomic E-state index is -0.332. The summed E-state index contributed by atoms with van der Waals surface area (Å²) in [6.07, 6.45) is 0. The smallest absolute Gasteiger partial charge is 0.325 e. The van der Waals surface area contributed by atoms with E-state index in [-0.39, 0.29) is 18.5 Å². The Bertz CT molecular complexity index is 843. The number of hydrogen-bond donors (Lipinski definition) is 1. The van der Waals surface area contributed by atoms with Crippen LogP contribution in [0.3, 0.4) is 0 Å². The van der Waals surface area contributed by atoms with E-state index in [1.54, 1.807) is 23.1 Å². The van der Waals surface area contributed by atoms with Gasteiger partial charge in [0.25, 0.3) is 0 Å². The Morgan fingerprint density at radius 3 is 2.59 bits per heavy atom. The van der Waals surface area contributed by atoms with Crippen LogP contribution in [0.1, 0.15) is 6.92 Å². The molecular formula is C19H19Cl2N3O3. The van der Waals surface area contributed by atoms with Gasteiger partial charge in [0.15, 0.2) is 0 Å². The molecule has 0 bridgehead atoms. The molecule has 1 aliphatic rings. The fourth-order valence-corrected chi connectivity index (χ4v) is 3.15. The van der Waals surface area contributed by atoms with Gasteiger partial charge in [-0.05, 0) is 49.4 Å². The van der Waals surface area contributed by atoms with E-state index >= 15 is 0 Å². The van der Waals surface area contributed by atoms with Crippen molar-refractivity contribution in [3.05, 3.63) is 52.5 Å². The van der Waals surface area contributed by atoms with Crippen molar-refractivity contribution in [3.8, 4) is 5.75 Å². The number of anilines is 2. The van der Waals surface area contributed by atoms with Crippen molar-refractivity contribution in [2.75, 3.05) is 36.5 Å². The Kier molecular flexibility index (Phi) is 6.08. The predicted molar refractivity (Wildman–Crippen MR) is 107 cm³/mol. The molecule has 3 rings (SSSR count). The van der Waals surface area contributed by atoms with Crippen molar-refractivity contribution >= 4 is 46.5 Å². The fraction of sp³-hybridized carbons (Fsp3) is 0.263. The lowest BCUT2D eigenvalue weighted by Gasteiger charge is -2.19. The van der Waals surface area contributed by atoms with Crippen molar-refractivity contribution in [2.24, 2.45) is 0 Å². The minimum absolute atomic E-state index is 0.0603. The summed E-state index contributed by atoms with van der Waals surface area (Å²) in [5, 5.41) is 3.54. The predicted octanol–water partition coefficient (Wildman–Crippen LogP) is 4.27. The highest BCUT2D eigenvalue weighted by Gasteiger charge is 2.30. The van der Waals surface area contributed by atoms with Gasteiger partial charge in [-0.15, -0.1) is 0 Å². The first-order valence-electron chi connectivity index (χ1n) is 8.52. The number of nitrogens with zero attached hydrogens (tertiary/aromatic N) is 2. The summed E-state index contributed by atoms with van der Waals surface area (Å²) in [5.41, 5.74) is 1.19. The van der Waals surface area contributed by atoms with Crippen LogP contribution in [0.5, 0.6) is 5.75 Å². The molecule has 1 fully saturated rings. The molecule has 142 valence electrons. The van der Waals surface area contributed by atoms with Gasteiger partial charge < -0.3 is 15.0 Å². The maximum atomic E-state index is 12.6. The lowest BCUT2D eigenvalue weighted by atomic mass is 10.3. The number of ether oxygens (including phenoxy) is 1. The lowest BCUT2D eigenvalue weighted by molar-refractivity contribution is -0.116. The third kappa shape index (κ3) is 4.64. The van der Waals surface area contributed by atoms with Gasteiger partial charge in [0.1, 0.15) is 12.3 Å². The molecule has 6 nitrogen and oxygen atoms in total. The summed E-state index contributed by atoms with van der Waals surface area (Å²) < 4.78 is 5.41. The first kappa shape index (κ1) is 19.3. The van der Waals surface area contributed by atoms with Crippen LogP contribution in [-0.2, 0) is 4.79 Å². The number of hydrogen-bond acceptors (Lipinski definition) is 3. The minimum Gasteiger partial charge on any atom is -0.494 e. The quantitative estimate of drug-likeness (QED) is 0.777. The summed E-state index contributed by atoms with van der Waals surface area (Å²) in [6.45, 7) is 3.41. The molecule has 0 atom stereocenters. The number of nitrogens with one attached hydrogen (secondary N) is 1. The van der Waals surface area contributed by atoms with Crippen LogP contribution in [0.2, 0.25) is 10.0 Å². The molecular weight excluding hydrogens is 389 g/mol. The topological polar surface area (TPSA) is 61.9 Å². The van der Waals surface area contributed by atoms with Gasteiger partial charge in [0.05, 0.1) is 17.3 Å². The summed E-state index contributed by atoms with van der Waals surface area (Å²) >= 11 is 12.0. The monoisotopic (exact) mass is 407 g/mol. The zero-order chi connectivity index (χ0) is 19.4. The largest absolute Gasteiger partial charge is 0.494 e. The molecule has 0 aromatic heterocycles. The van der Waals surface area contributed by atoms with E-state index in [1.807, 2.05) is 31.2 Å². The Morgan fingerprint density at radius 1 is 1.15 bits per heavy atom. The Labute approximate surface area is 167 Å². The van der Waals surface area contributed by atoms with Gasteiger partial charge in [0, 0.05) is 23.8 Å². The van der Waals surface area contributed by atoms with E-state index in [2.05, 4.69) is 5.32 Å². The highest BCUT2D eigenvalue weighted by Crippen LogP contribution is 2.26. The second kappa shape index (κ2) is 8.50. The van der Waals surface area contributed by atoms with Crippen molar-refractivity contribution in [3.63, 3.8) is 0 Å². The number of halogens is 2. The summed E-state index contributed by atoms with van der Waals surface area (Å²) in [5.74, 6) is 0.420. The van der Waals surface area contributed by atoms with Crippen LogP contribution in [-0.4, -0.2) is 43.1 Å². The van der Waals surface area contributed by atoms with Crippen LogP contribution in [0.15, 0.2) is 42.5 Å². The maximum absolute atomic E-state index is 12.6. The molecule has 3 amide bonds. The summed E-state index contributed by atoms with van der Waals surface area (Å²) in [4.78, 5) is 28.0. The van der Waals surface area contributed by atoms with Crippen LogP contribution in [0, 0.1) is 0 Å². The lowest BCUT2D eigenvalue weighted by Crippen LogP contribution is -2.37. The summed E-state index contributed by atoms with van der Waals surface area (Å²) in [6, 6.07) is 11.9. The molecule has 1 aliphatic heterocycles. The molecule has 0 radical (unpaired) electrons. The SMILES string of the molecule is CCOc1ccc(N2CCN(CC(=O)Nc3cc(Cl)ccc3Cl)C2=O)cc1. The van der Waals surface area contributed by atoms with Crippen LogP contribution in [0.4, 0.5) is 16.2 Å². The molecule has 0 saturated carbocycles. The van der Waals surface area contributed by atoms with Gasteiger partial charge >= 0.3 is 6.03 Å². The van der Waals surface area contributed by atoms with E-state index < -0.39 is 0 Å². The van der Waals surface area contributed by atoms with E-state index in [0.717, 1.165) is 11.4 Å². The third-order valence-corrected chi connectivity index (χ3v) is 4.66. The maximum Gasteiger partial charge on any atom is 0.325 e. The molecule has 1 heterocycles. The standard InChI is InChI=1S/C19H19Cl2N3O3/c1-2-27-15-6-4-14(5-7-15)24-10-9-23(19(24)26)12-18(25)22-17-11-13(20)3-8-16(17)21/h3-8,11H,2,9-10,12H2,1H3,(H,22,25). The average molecular weight is 408 g/mol. The van der Waals surface area contributed by atoms with Gasteiger partial charge in [-0.2, -0.15) is 0 Å². The average Bonchev–Trinajstić information content (AvgIpc) is 3.00. The first-order chi connectivity index (χ1) is 13.0. The second-order valence-corrected chi connectivity index (χ2v) is 6.80. The number of urea groups is 1. The van der Waals surface area contributed by atoms with Gasteiger partial charge in [-0.3, -0.25) is 9.69 Å². The molecule has 1 saturated heterocycles. The Morgan fingerprint density at radius 2 is 1.89 bits per heavy atom. The molecule has 0 aliphatic carbocycles. The molecule has 27 heavy (non-hydrogen) atoms. The van der Waals surface area contributed by atoms with Crippen LogP contribution < -0.4 is 15.0 Å². The van der Waals surface area contributed by atoms with Crippen molar-refractivity contribution in [1.29, 1.82) is 0 Å². The second-order valence-electron chi connectivity index (χ2n) is 5.96. The first-order valence-corrected chi connectivity index (χ1v) is 9.27. The van der Waals surface area contributed by atoms with Crippen molar-refractivity contribution < 1.29 is 14.3 Å².